The van der Waals surface area contributed by atoms with Crippen LogP contribution in [0.15, 0.2) is 52.0 Å². The fourth-order valence-electron chi connectivity index (χ4n) is 2.23. The first-order valence-electron chi connectivity index (χ1n) is 6.37. The van der Waals surface area contributed by atoms with Gasteiger partial charge in [0, 0.05) is 16.7 Å². The third-order valence-electron chi connectivity index (χ3n) is 3.22. The van der Waals surface area contributed by atoms with E-state index < -0.39 is 0 Å². The largest absolute Gasteiger partial charge is 0.459 e. The maximum absolute atomic E-state index is 12.5. The van der Waals surface area contributed by atoms with Crippen molar-refractivity contribution in [2.75, 3.05) is 11.4 Å². The summed E-state index contributed by atoms with van der Waals surface area (Å²) in [5.41, 5.74) is 0.984. The smallest absolute Gasteiger partial charge is 0.293 e. The molecule has 3 rings (SSSR count). The van der Waals surface area contributed by atoms with Crippen LogP contribution in [0.4, 0.5) is 5.69 Å². The molecular weight excluding hydrogens is 258 g/mol. The zero-order valence-electron chi connectivity index (χ0n) is 10.7. The number of amides is 1. The quantitative estimate of drug-likeness (QED) is 0.792. The Morgan fingerprint density at radius 2 is 2.16 bits per heavy atom. The van der Waals surface area contributed by atoms with E-state index in [1.807, 2.05) is 34.9 Å². The highest BCUT2D eigenvalue weighted by molar-refractivity contribution is 8.00. The third-order valence-corrected chi connectivity index (χ3v) is 4.46. The van der Waals surface area contributed by atoms with Crippen LogP contribution in [0.2, 0.25) is 0 Å². The van der Waals surface area contributed by atoms with E-state index in [0.717, 1.165) is 23.5 Å². The van der Waals surface area contributed by atoms with E-state index in [4.69, 9.17) is 4.42 Å². The number of anilines is 1. The van der Waals surface area contributed by atoms with Crippen molar-refractivity contribution in [3.8, 4) is 0 Å². The van der Waals surface area contributed by atoms with E-state index in [9.17, 15) is 4.79 Å². The predicted molar refractivity (Wildman–Crippen MR) is 76.8 cm³/mol. The average molecular weight is 273 g/mol. The summed E-state index contributed by atoms with van der Waals surface area (Å²) in [6.07, 6.45) is 2.51. The molecule has 0 N–H and O–H groups in total. The molecule has 4 heteroatoms. The Morgan fingerprint density at radius 1 is 1.32 bits per heavy atom. The Bertz CT molecular complexity index is 580. The normalized spacial score (nSPS) is 18.8. The molecule has 2 aromatic rings. The zero-order valence-corrected chi connectivity index (χ0v) is 11.5. The average Bonchev–Trinajstić information content (AvgIpc) is 2.89. The number of thioether (sulfide) groups is 1. The molecule has 0 spiro atoms. The topological polar surface area (TPSA) is 33.5 Å². The first kappa shape index (κ1) is 12.4. The lowest BCUT2D eigenvalue weighted by molar-refractivity contribution is 0.0960. The van der Waals surface area contributed by atoms with E-state index in [2.05, 4.69) is 13.0 Å². The number of furan rings is 1. The molecule has 0 bridgehead atoms. The van der Waals surface area contributed by atoms with Crippen LogP contribution in [0.1, 0.15) is 23.9 Å². The lowest BCUT2D eigenvalue weighted by Gasteiger charge is -2.21. The third kappa shape index (κ3) is 2.40. The van der Waals surface area contributed by atoms with Crippen LogP contribution in [0.25, 0.3) is 0 Å². The maximum atomic E-state index is 12.5. The van der Waals surface area contributed by atoms with Crippen LogP contribution in [0, 0.1) is 0 Å². The molecule has 1 aromatic heterocycles. The van der Waals surface area contributed by atoms with Gasteiger partial charge in [0.1, 0.15) is 0 Å². The Labute approximate surface area is 116 Å². The van der Waals surface area contributed by atoms with Crippen molar-refractivity contribution in [3.63, 3.8) is 0 Å². The highest BCUT2D eigenvalue weighted by Crippen LogP contribution is 2.37. The second-order valence-corrected chi connectivity index (χ2v) is 6.10. The van der Waals surface area contributed by atoms with Crippen molar-refractivity contribution >= 4 is 23.4 Å². The van der Waals surface area contributed by atoms with Crippen molar-refractivity contribution in [2.24, 2.45) is 0 Å². The molecule has 0 unspecified atom stereocenters. The first-order valence-corrected chi connectivity index (χ1v) is 7.25. The molecule has 19 heavy (non-hydrogen) atoms. The minimum absolute atomic E-state index is 0.0628. The van der Waals surface area contributed by atoms with E-state index in [0.29, 0.717) is 11.0 Å². The van der Waals surface area contributed by atoms with E-state index in [1.54, 1.807) is 12.1 Å². The van der Waals surface area contributed by atoms with Gasteiger partial charge in [-0.05, 0) is 30.7 Å². The minimum atomic E-state index is -0.0628. The second kappa shape index (κ2) is 5.13. The fourth-order valence-corrected chi connectivity index (χ4v) is 3.34. The standard InChI is InChI=1S/C15H15NO2S/c1-11-8-9-16(15(17)13-6-4-10-18-13)12-5-2-3-7-14(12)19-11/h2-7,10-11H,8-9H2,1H3/t11-/m0/s1. The van der Waals surface area contributed by atoms with Crippen molar-refractivity contribution in [1.29, 1.82) is 0 Å². The molecule has 3 nitrogen and oxygen atoms in total. The van der Waals surface area contributed by atoms with Gasteiger partial charge in [0.2, 0.25) is 0 Å². The van der Waals surface area contributed by atoms with Gasteiger partial charge in [-0.1, -0.05) is 19.1 Å². The molecule has 1 aliphatic rings. The Kier molecular flexibility index (Phi) is 3.34. The number of benzene rings is 1. The lowest BCUT2D eigenvalue weighted by atomic mass is 10.2. The molecule has 1 aromatic carbocycles. The molecule has 1 amide bonds. The molecule has 0 saturated heterocycles. The number of hydrogen-bond acceptors (Lipinski definition) is 3. The second-order valence-electron chi connectivity index (χ2n) is 4.62. The molecular formula is C15H15NO2S. The number of rotatable bonds is 1. The van der Waals surface area contributed by atoms with Crippen molar-refractivity contribution in [2.45, 2.75) is 23.5 Å². The molecule has 0 saturated carbocycles. The van der Waals surface area contributed by atoms with Gasteiger partial charge in [-0.2, -0.15) is 0 Å². The first-order chi connectivity index (χ1) is 9.25. The minimum Gasteiger partial charge on any atom is -0.459 e. The number of hydrogen-bond donors (Lipinski definition) is 0. The molecule has 0 radical (unpaired) electrons. The highest BCUT2D eigenvalue weighted by Gasteiger charge is 2.26. The summed E-state index contributed by atoms with van der Waals surface area (Å²) in [4.78, 5) is 15.5. The van der Waals surface area contributed by atoms with Crippen molar-refractivity contribution in [1.82, 2.24) is 0 Å². The summed E-state index contributed by atoms with van der Waals surface area (Å²) < 4.78 is 5.23. The molecule has 1 aliphatic heterocycles. The summed E-state index contributed by atoms with van der Waals surface area (Å²) >= 11 is 1.83. The summed E-state index contributed by atoms with van der Waals surface area (Å²) in [6.45, 7) is 2.92. The molecule has 0 aliphatic carbocycles. The number of fused-ring (bicyclic) bond motifs is 1. The van der Waals surface area contributed by atoms with Gasteiger partial charge in [-0.3, -0.25) is 4.79 Å². The summed E-state index contributed by atoms with van der Waals surface area (Å²) in [6, 6.07) is 11.5. The van der Waals surface area contributed by atoms with Crippen molar-refractivity contribution < 1.29 is 9.21 Å². The van der Waals surface area contributed by atoms with Gasteiger partial charge >= 0.3 is 0 Å². The Morgan fingerprint density at radius 3 is 2.95 bits per heavy atom. The Hall–Kier alpha value is -1.68. The van der Waals surface area contributed by atoms with Gasteiger partial charge in [0.15, 0.2) is 5.76 Å². The summed E-state index contributed by atoms with van der Waals surface area (Å²) in [7, 11) is 0. The van der Waals surface area contributed by atoms with E-state index in [-0.39, 0.29) is 5.91 Å². The maximum Gasteiger partial charge on any atom is 0.293 e. The van der Waals surface area contributed by atoms with Gasteiger partial charge in [-0.25, -0.2) is 0 Å². The fraction of sp³-hybridized carbons (Fsp3) is 0.267. The van der Waals surface area contributed by atoms with Crippen LogP contribution in [-0.2, 0) is 0 Å². The van der Waals surface area contributed by atoms with Crippen LogP contribution in [0.3, 0.4) is 0 Å². The van der Waals surface area contributed by atoms with Crippen LogP contribution >= 0.6 is 11.8 Å². The Balaban J connectivity index is 2.00. The van der Waals surface area contributed by atoms with Crippen LogP contribution < -0.4 is 4.90 Å². The molecule has 2 heterocycles. The van der Waals surface area contributed by atoms with E-state index >= 15 is 0 Å². The monoisotopic (exact) mass is 273 g/mol. The lowest BCUT2D eigenvalue weighted by Crippen LogP contribution is -2.31. The highest BCUT2D eigenvalue weighted by atomic mass is 32.2. The number of nitrogens with zero attached hydrogens (tertiary/aromatic N) is 1. The van der Waals surface area contributed by atoms with Gasteiger partial charge in [0.05, 0.1) is 12.0 Å². The number of carbonyl (C=O) groups excluding carboxylic acids is 1. The molecule has 1 atom stereocenters. The number of para-hydroxylation sites is 1. The summed E-state index contributed by atoms with van der Waals surface area (Å²) in [5, 5.41) is 0.510. The van der Waals surface area contributed by atoms with Crippen LogP contribution in [0.5, 0.6) is 0 Å². The SMILES string of the molecule is C[C@H]1CCN(C(=O)c2ccco2)c2ccccc2S1. The van der Waals surface area contributed by atoms with Crippen LogP contribution in [-0.4, -0.2) is 17.7 Å². The van der Waals surface area contributed by atoms with E-state index in [1.165, 1.54) is 6.26 Å². The molecule has 0 fully saturated rings. The van der Waals surface area contributed by atoms with Crippen molar-refractivity contribution in [3.05, 3.63) is 48.4 Å². The zero-order chi connectivity index (χ0) is 13.2. The van der Waals surface area contributed by atoms with Gasteiger partial charge < -0.3 is 9.32 Å². The summed E-state index contributed by atoms with van der Waals surface area (Å²) in [5.74, 6) is 0.335. The predicted octanol–water partition coefficient (Wildman–Crippen LogP) is 3.81. The number of carbonyl (C=O) groups is 1. The van der Waals surface area contributed by atoms with Gasteiger partial charge in [0.25, 0.3) is 5.91 Å². The van der Waals surface area contributed by atoms with Gasteiger partial charge in [-0.15, -0.1) is 11.8 Å². The molecule has 98 valence electrons.